The van der Waals surface area contributed by atoms with Gasteiger partial charge in [0.2, 0.25) is 0 Å². The summed E-state index contributed by atoms with van der Waals surface area (Å²) >= 11 is 0. The van der Waals surface area contributed by atoms with E-state index in [-0.39, 0.29) is 16.5 Å². The van der Waals surface area contributed by atoms with E-state index in [1.807, 2.05) is 0 Å². The van der Waals surface area contributed by atoms with Gasteiger partial charge in [0.15, 0.2) is 12.5 Å². The molecule has 1 atom stereocenters. The van der Waals surface area contributed by atoms with Gasteiger partial charge in [0, 0.05) is 14.0 Å². The molecule has 2 amide bonds. The molecule has 0 radical (unpaired) electrons. The fraction of sp³-hybridized carbons (Fsp3) is 0.250. The maximum absolute atomic E-state index is 11.3. The Morgan fingerprint density at radius 2 is 2.33 bits per heavy atom. The van der Waals surface area contributed by atoms with Crippen molar-refractivity contribution in [3.8, 4) is 0 Å². The van der Waals surface area contributed by atoms with Crippen LogP contribution in [0.3, 0.4) is 0 Å². The summed E-state index contributed by atoms with van der Waals surface area (Å²) in [6.45, 7) is 1.38. The van der Waals surface area contributed by atoms with Crippen molar-refractivity contribution in [1.29, 1.82) is 0 Å². The van der Waals surface area contributed by atoms with E-state index < -0.39 is 0 Å². The summed E-state index contributed by atoms with van der Waals surface area (Å²) in [5.41, 5.74) is 2.60. The molecule has 78 valence electrons. The lowest BCUT2D eigenvalue weighted by molar-refractivity contribution is -0.836. The molecule has 7 nitrogen and oxygen atoms in total. The van der Waals surface area contributed by atoms with Crippen LogP contribution in [-0.4, -0.2) is 40.8 Å². The molecule has 0 spiro atoms. The first kappa shape index (κ1) is 9.53. The van der Waals surface area contributed by atoms with Crippen LogP contribution >= 0.6 is 0 Å². The van der Waals surface area contributed by atoms with Gasteiger partial charge >= 0.3 is 5.96 Å². The van der Waals surface area contributed by atoms with E-state index in [0.717, 1.165) is 0 Å². The van der Waals surface area contributed by atoms with Crippen LogP contribution in [0.25, 0.3) is 0 Å². The van der Waals surface area contributed by atoms with E-state index in [1.165, 1.54) is 30.4 Å². The zero-order chi connectivity index (χ0) is 11.1. The summed E-state index contributed by atoms with van der Waals surface area (Å²) in [5.74, 6) is -0.0924. The minimum absolute atomic E-state index is 0.196. The molecule has 0 saturated heterocycles. The van der Waals surface area contributed by atoms with Crippen molar-refractivity contribution in [1.82, 2.24) is 10.3 Å². The van der Waals surface area contributed by atoms with E-state index in [9.17, 15) is 9.59 Å². The van der Waals surface area contributed by atoms with E-state index in [2.05, 4.69) is 15.5 Å². The summed E-state index contributed by atoms with van der Waals surface area (Å²) in [6.07, 6.45) is 4.13. The number of rotatable bonds is 1. The third-order valence-electron chi connectivity index (χ3n) is 2.10. The molecule has 1 unspecified atom stereocenters. The number of quaternary nitrogens is 1. The number of guanidine groups is 1. The molecule has 0 aromatic carbocycles. The molecule has 7 heteroatoms. The molecular formula is C8H10N5O2+. The van der Waals surface area contributed by atoms with E-state index >= 15 is 0 Å². The zero-order valence-corrected chi connectivity index (χ0v) is 8.34. The molecule has 2 aliphatic heterocycles. The van der Waals surface area contributed by atoms with Crippen LogP contribution in [0, 0.1) is 0 Å². The van der Waals surface area contributed by atoms with Gasteiger partial charge in [-0.25, -0.2) is 4.90 Å². The molecule has 1 N–H and O–H groups in total. The van der Waals surface area contributed by atoms with Gasteiger partial charge < -0.3 is 0 Å². The van der Waals surface area contributed by atoms with Crippen LogP contribution in [0.15, 0.2) is 22.4 Å². The SMILES string of the molecule is CC(=O)N[N+]12C=CC(=O)N(C)C1=NC=N2. The van der Waals surface area contributed by atoms with Crippen molar-refractivity contribution in [3.05, 3.63) is 12.3 Å². The Kier molecular flexibility index (Phi) is 1.90. The molecule has 2 heterocycles. The maximum atomic E-state index is 11.3. The molecule has 0 saturated carbocycles. The highest BCUT2D eigenvalue weighted by atomic mass is 16.2. The fourth-order valence-electron chi connectivity index (χ4n) is 1.46. The first-order valence-electron chi connectivity index (χ1n) is 4.32. The van der Waals surface area contributed by atoms with Crippen LogP contribution in [0.5, 0.6) is 0 Å². The largest absolute Gasteiger partial charge is 0.371 e. The van der Waals surface area contributed by atoms with Gasteiger partial charge in [-0.05, 0) is 9.80 Å². The van der Waals surface area contributed by atoms with Crippen LogP contribution in [-0.2, 0) is 9.59 Å². The number of amides is 2. The highest BCUT2D eigenvalue weighted by Crippen LogP contribution is 2.19. The first-order valence-corrected chi connectivity index (χ1v) is 4.32. The highest BCUT2D eigenvalue weighted by Gasteiger charge is 2.45. The van der Waals surface area contributed by atoms with Gasteiger partial charge in [-0.1, -0.05) is 0 Å². The Morgan fingerprint density at radius 3 is 3.00 bits per heavy atom. The molecule has 0 aromatic heterocycles. The second-order valence-electron chi connectivity index (χ2n) is 3.23. The first-order chi connectivity index (χ1) is 7.05. The molecule has 2 rings (SSSR count). The Balaban J connectivity index is 2.43. The standard InChI is InChI=1S/C8H9N5O2/c1-6(14)11-13-4-3-7(15)12(2)8(13)9-5-10-13/h3-5H,1-2H3/p+1. The van der Waals surface area contributed by atoms with Gasteiger partial charge in [-0.3, -0.25) is 9.59 Å². The number of hydrogen-bond acceptors (Lipinski definition) is 4. The zero-order valence-electron chi connectivity index (χ0n) is 8.34. The van der Waals surface area contributed by atoms with Crippen molar-refractivity contribution in [2.75, 3.05) is 7.05 Å². The summed E-state index contributed by atoms with van der Waals surface area (Å²) in [4.78, 5) is 27.7. The Morgan fingerprint density at radius 1 is 1.60 bits per heavy atom. The summed E-state index contributed by atoms with van der Waals surface area (Å²) in [5, 5.41) is 4.01. The number of hydrogen-bond donors (Lipinski definition) is 1. The van der Waals surface area contributed by atoms with Crippen molar-refractivity contribution >= 4 is 24.1 Å². The molecule has 0 bridgehead atoms. The Bertz CT molecular complexity index is 425. The summed E-state index contributed by atoms with van der Waals surface area (Å²) in [6, 6.07) is 0. The Hall–Kier alpha value is -2.02. The van der Waals surface area contributed by atoms with Crippen LogP contribution in [0.2, 0.25) is 0 Å². The lowest BCUT2D eigenvalue weighted by Crippen LogP contribution is -2.61. The topological polar surface area (TPSA) is 74.1 Å². The molecule has 15 heavy (non-hydrogen) atoms. The summed E-state index contributed by atoms with van der Waals surface area (Å²) in [7, 11) is 1.58. The number of likely N-dealkylation sites (N-methyl/N-ethyl adjacent to an activating group) is 1. The number of nitrogens with one attached hydrogen (secondary N) is 1. The van der Waals surface area contributed by atoms with Crippen molar-refractivity contribution in [2.24, 2.45) is 10.1 Å². The third-order valence-corrected chi connectivity index (χ3v) is 2.10. The van der Waals surface area contributed by atoms with Gasteiger partial charge in [-0.15, -0.1) is 0 Å². The predicted octanol–water partition coefficient (Wildman–Crippen LogP) is -0.847. The monoisotopic (exact) mass is 208 g/mol. The van der Waals surface area contributed by atoms with E-state index in [0.29, 0.717) is 5.96 Å². The molecule has 0 fully saturated rings. The maximum Gasteiger partial charge on any atom is 0.371 e. The van der Waals surface area contributed by atoms with Gasteiger partial charge in [-0.2, -0.15) is 10.4 Å². The number of carbonyl (C=O) groups is 2. The summed E-state index contributed by atoms with van der Waals surface area (Å²) < 4.78 is -0.280. The second-order valence-corrected chi connectivity index (χ2v) is 3.23. The van der Waals surface area contributed by atoms with Crippen molar-refractivity contribution in [2.45, 2.75) is 6.92 Å². The van der Waals surface area contributed by atoms with E-state index in [4.69, 9.17) is 0 Å². The second kappa shape index (κ2) is 2.99. The predicted molar refractivity (Wildman–Crippen MR) is 51.9 cm³/mol. The smallest absolute Gasteiger partial charge is 0.270 e. The normalized spacial score (nSPS) is 27.7. The molecule has 0 aliphatic carbocycles. The van der Waals surface area contributed by atoms with Crippen LogP contribution < -0.4 is 5.43 Å². The third kappa shape index (κ3) is 1.33. The number of nitrogens with zero attached hydrogens (tertiary/aromatic N) is 4. The minimum Gasteiger partial charge on any atom is -0.270 e. The average molecular weight is 208 g/mol. The number of carbonyl (C=O) groups excluding carboxylic acids is 2. The molecular weight excluding hydrogens is 198 g/mol. The number of aliphatic imine (C=N–C) groups is 1. The molecule has 2 aliphatic rings. The van der Waals surface area contributed by atoms with Crippen LogP contribution in [0.1, 0.15) is 6.92 Å². The fourth-order valence-corrected chi connectivity index (χ4v) is 1.46. The van der Waals surface area contributed by atoms with Gasteiger partial charge in [0.25, 0.3) is 11.8 Å². The van der Waals surface area contributed by atoms with E-state index in [1.54, 1.807) is 7.05 Å². The highest BCUT2D eigenvalue weighted by molar-refractivity contribution is 6.04. The van der Waals surface area contributed by atoms with Crippen LogP contribution in [0.4, 0.5) is 0 Å². The van der Waals surface area contributed by atoms with Gasteiger partial charge in [0.1, 0.15) is 0 Å². The lowest BCUT2D eigenvalue weighted by atomic mass is 10.4. The van der Waals surface area contributed by atoms with Gasteiger partial charge in [0.05, 0.1) is 6.08 Å². The lowest BCUT2D eigenvalue weighted by Gasteiger charge is -2.29. The number of fused-ring (bicyclic) bond motifs is 1. The minimum atomic E-state index is -0.280. The molecule has 0 aromatic rings. The average Bonchev–Trinajstić information content (AvgIpc) is 2.55. The van der Waals surface area contributed by atoms with Crippen molar-refractivity contribution < 1.29 is 14.3 Å². The van der Waals surface area contributed by atoms with Crippen molar-refractivity contribution in [3.63, 3.8) is 0 Å². The quantitative estimate of drug-likeness (QED) is 0.570. The Labute approximate surface area is 85.9 Å².